The van der Waals surface area contributed by atoms with Crippen molar-refractivity contribution < 1.29 is 19.1 Å². The van der Waals surface area contributed by atoms with E-state index in [-0.39, 0.29) is 29.7 Å². The molecule has 0 aliphatic carbocycles. The van der Waals surface area contributed by atoms with Crippen molar-refractivity contribution in [1.82, 2.24) is 5.32 Å². The quantitative estimate of drug-likeness (QED) is 0.615. The number of methoxy groups -OCH3 is 1. The highest BCUT2D eigenvalue weighted by Crippen LogP contribution is 2.19. The smallest absolute Gasteiger partial charge is 0.307 e. The number of hydrogen-bond donors (Lipinski definition) is 2. The summed E-state index contributed by atoms with van der Waals surface area (Å²) in [6.45, 7) is 3.92. The highest BCUT2D eigenvalue weighted by molar-refractivity contribution is 8.00. The molecule has 1 unspecified atom stereocenters. The maximum Gasteiger partial charge on any atom is 0.307 e. The molecule has 6 nitrogen and oxygen atoms in total. The summed E-state index contributed by atoms with van der Waals surface area (Å²) in [6, 6.07) is 14.7. The van der Waals surface area contributed by atoms with Crippen LogP contribution in [0.5, 0.6) is 0 Å². The number of esters is 1. The number of carbonyl (C=O) groups is 3. The molecule has 0 aliphatic heterocycles. The van der Waals surface area contributed by atoms with Crippen LogP contribution in [-0.2, 0) is 19.1 Å². The lowest BCUT2D eigenvalue weighted by atomic mass is 10.0. The Hall–Kier alpha value is -2.80. The van der Waals surface area contributed by atoms with Crippen molar-refractivity contribution in [3.05, 3.63) is 65.2 Å². The van der Waals surface area contributed by atoms with Gasteiger partial charge in [0, 0.05) is 5.69 Å². The van der Waals surface area contributed by atoms with Gasteiger partial charge in [-0.25, -0.2) is 0 Å². The van der Waals surface area contributed by atoms with Gasteiger partial charge in [-0.15, -0.1) is 11.8 Å². The lowest BCUT2D eigenvalue weighted by Crippen LogP contribution is -2.32. The predicted octanol–water partition coefficient (Wildman–Crippen LogP) is 3.40. The first kappa shape index (κ1) is 22.5. The van der Waals surface area contributed by atoms with Crippen LogP contribution < -0.4 is 10.6 Å². The van der Waals surface area contributed by atoms with Crippen molar-refractivity contribution in [2.24, 2.45) is 0 Å². The van der Waals surface area contributed by atoms with Crippen molar-refractivity contribution in [3.63, 3.8) is 0 Å². The van der Waals surface area contributed by atoms with E-state index >= 15 is 0 Å². The molecule has 0 saturated carbocycles. The molecule has 0 spiro atoms. The average molecular weight is 415 g/mol. The Morgan fingerprint density at radius 1 is 0.966 bits per heavy atom. The van der Waals surface area contributed by atoms with Crippen LogP contribution >= 0.6 is 11.8 Å². The molecule has 2 aromatic rings. The molecule has 154 valence electrons. The first-order chi connectivity index (χ1) is 13.9. The van der Waals surface area contributed by atoms with Gasteiger partial charge in [0.15, 0.2) is 0 Å². The van der Waals surface area contributed by atoms with E-state index in [1.807, 2.05) is 62.4 Å². The van der Waals surface area contributed by atoms with Crippen molar-refractivity contribution in [2.75, 3.05) is 23.9 Å². The van der Waals surface area contributed by atoms with Crippen molar-refractivity contribution >= 4 is 35.2 Å². The number of carbonyl (C=O) groups excluding carboxylic acids is 3. The van der Waals surface area contributed by atoms with Gasteiger partial charge in [-0.2, -0.15) is 0 Å². The summed E-state index contributed by atoms with van der Waals surface area (Å²) < 4.78 is 4.74. The first-order valence-corrected chi connectivity index (χ1v) is 10.4. The summed E-state index contributed by atoms with van der Waals surface area (Å²) in [7, 11) is 1.32. The first-order valence-electron chi connectivity index (χ1n) is 9.24. The Morgan fingerprint density at radius 2 is 1.66 bits per heavy atom. The highest BCUT2D eigenvalue weighted by Gasteiger charge is 2.19. The van der Waals surface area contributed by atoms with Crippen LogP contribution in [0.15, 0.2) is 48.5 Å². The van der Waals surface area contributed by atoms with E-state index in [1.54, 1.807) is 0 Å². The number of ether oxygens (including phenoxy) is 1. The fourth-order valence-electron chi connectivity index (χ4n) is 2.69. The maximum absolute atomic E-state index is 12.3. The zero-order chi connectivity index (χ0) is 21.2. The molecule has 2 rings (SSSR count). The number of nitrogens with one attached hydrogen (secondary N) is 2. The second-order valence-electron chi connectivity index (χ2n) is 6.72. The van der Waals surface area contributed by atoms with Gasteiger partial charge in [0.25, 0.3) is 0 Å². The number of rotatable bonds is 9. The third kappa shape index (κ3) is 7.99. The largest absolute Gasteiger partial charge is 0.469 e. The number of anilines is 1. The molecule has 0 bridgehead atoms. The number of benzene rings is 2. The van der Waals surface area contributed by atoms with Gasteiger partial charge in [0.05, 0.1) is 31.1 Å². The van der Waals surface area contributed by atoms with E-state index < -0.39 is 12.0 Å². The topological polar surface area (TPSA) is 84.5 Å². The van der Waals surface area contributed by atoms with E-state index in [4.69, 9.17) is 4.74 Å². The van der Waals surface area contributed by atoms with Gasteiger partial charge in [-0.3, -0.25) is 14.4 Å². The molecular weight excluding hydrogens is 388 g/mol. The molecular formula is C22H26N2O4S. The molecule has 0 heterocycles. The Balaban J connectivity index is 1.84. The summed E-state index contributed by atoms with van der Waals surface area (Å²) in [4.78, 5) is 36.1. The molecule has 0 fully saturated rings. The van der Waals surface area contributed by atoms with Gasteiger partial charge in [-0.05, 0) is 37.1 Å². The molecule has 2 aromatic carbocycles. The van der Waals surface area contributed by atoms with E-state index in [0.717, 1.165) is 22.4 Å². The molecule has 0 saturated heterocycles. The van der Waals surface area contributed by atoms with Gasteiger partial charge >= 0.3 is 5.97 Å². The normalized spacial score (nSPS) is 11.4. The third-order valence-corrected chi connectivity index (χ3v) is 5.11. The van der Waals surface area contributed by atoms with Crippen LogP contribution in [0.3, 0.4) is 0 Å². The molecule has 1 atom stereocenters. The second-order valence-corrected chi connectivity index (χ2v) is 7.71. The summed E-state index contributed by atoms with van der Waals surface area (Å²) in [5.41, 5.74) is 3.71. The number of thioether (sulfide) groups is 1. The van der Waals surface area contributed by atoms with Crippen molar-refractivity contribution in [2.45, 2.75) is 26.3 Å². The van der Waals surface area contributed by atoms with Gasteiger partial charge < -0.3 is 15.4 Å². The molecule has 2 N–H and O–H groups in total. The highest BCUT2D eigenvalue weighted by atomic mass is 32.2. The van der Waals surface area contributed by atoms with E-state index in [1.165, 1.54) is 18.9 Å². The molecule has 7 heteroatoms. The number of aryl methyl sites for hydroxylation is 2. The summed E-state index contributed by atoms with van der Waals surface area (Å²) in [6.07, 6.45) is 0.0454. The Labute approximate surface area is 175 Å². The summed E-state index contributed by atoms with van der Waals surface area (Å²) in [5, 5.41) is 5.67. The molecule has 0 aromatic heterocycles. The number of hydrogen-bond acceptors (Lipinski definition) is 5. The zero-order valence-electron chi connectivity index (χ0n) is 16.9. The zero-order valence-corrected chi connectivity index (χ0v) is 17.7. The standard InChI is InChI=1S/C22H26N2O4S/c1-15-7-9-17(10-8-15)19(12-22(27)28-3)24-21(26)14-29-13-20(25)23-18-6-4-5-16(2)11-18/h4-11,19H,12-14H2,1-3H3,(H,23,25)(H,24,26). The minimum absolute atomic E-state index is 0.0454. The fourth-order valence-corrected chi connectivity index (χ4v) is 3.32. The van der Waals surface area contributed by atoms with E-state index in [2.05, 4.69) is 10.6 Å². The van der Waals surface area contributed by atoms with E-state index in [9.17, 15) is 14.4 Å². The minimum atomic E-state index is -0.475. The molecule has 2 amide bonds. The minimum Gasteiger partial charge on any atom is -0.469 e. The molecule has 29 heavy (non-hydrogen) atoms. The van der Waals surface area contributed by atoms with Gasteiger partial charge in [-0.1, -0.05) is 42.0 Å². The Bertz CT molecular complexity index is 852. The van der Waals surface area contributed by atoms with Crippen LogP contribution in [0.4, 0.5) is 5.69 Å². The van der Waals surface area contributed by atoms with Crippen LogP contribution in [0.2, 0.25) is 0 Å². The fraction of sp³-hybridized carbons (Fsp3) is 0.318. The molecule has 0 aliphatic rings. The monoisotopic (exact) mass is 414 g/mol. The van der Waals surface area contributed by atoms with Gasteiger partial charge in [0.1, 0.15) is 0 Å². The Kier molecular flexibility index (Phi) is 8.73. The SMILES string of the molecule is COC(=O)CC(NC(=O)CSCC(=O)Nc1cccc(C)c1)c1ccc(C)cc1. The summed E-state index contributed by atoms with van der Waals surface area (Å²) in [5.74, 6) is -0.537. The van der Waals surface area contributed by atoms with Crippen LogP contribution in [0.25, 0.3) is 0 Å². The van der Waals surface area contributed by atoms with Crippen LogP contribution in [-0.4, -0.2) is 36.4 Å². The lowest BCUT2D eigenvalue weighted by molar-refractivity contribution is -0.141. The average Bonchev–Trinajstić information content (AvgIpc) is 2.68. The predicted molar refractivity (Wildman–Crippen MR) is 116 cm³/mol. The van der Waals surface area contributed by atoms with Gasteiger partial charge in [0.2, 0.25) is 11.8 Å². The van der Waals surface area contributed by atoms with Crippen LogP contribution in [0.1, 0.15) is 29.2 Å². The van der Waals surface area contributed by atoms with Crippen molar-refractivity contribution in [3.8, 4) is 0 Å². The molecule has 0 radical (unpaired) electrons. The van der Waals surface area contributed by atoms with E-state index in [0.29, 0.717) is 0 Å². The number of amides is 2. The third-order valence-electron chi connectivity index (χ3n) is 4.18. The lowest BCUT2D eigenvalue weighted by Gasteiger charge is -2.18. The second kappa shape index (κ2) is 11.3. The van der Waals surface area contributed by atoms with Crippen molar-refractivity contribution in [1.29, 1.82) is 0 Å². The maximum atomic E-state index is 12.3. The van der Waals surface area contributed by atoms with Crippen LogP contribution in [0, 0.1) is 13.8 Å². The Morgan fingerprint density at radius 3 is 2.31 bits per heavy atom. The summed E-state index contributed by atoms with van der Waals surface area (Å²) >= 11 is 1.22.